The summed E-state index contributed by atoms with van der Waals surface area (Å²) >= 11 is 0. The molecule has 2 aliphatic rings. The summed E-state index contributed by atoms with van der Waals surface area (Å²) in [4.78, 5) is 27.6. The van der Waals surface area contributed by atoms with Crippen molar-refractivity contribution in [1.82, 2.24) is 0 Å². The maximum Gasteiger partial charge on any atom is 0.194 e. The largest absolute Gasteiger partial charge is 0.375 e. The van der Waals surface area contributed by atoms with Gasteiger partial charge in [0, 0.05) is 41.0 Å². The third-order valence-electron chi connectivity index (χ3n) is 4.51. The number of nitrogens with zero attached hydrogens (tertiary/aromatic N) is 1. The number of hydrogen-bond acceptors (Lipinski definition) is 4. The van der Waals surface area contributed by atoms with Crippen molar-refractivity contribution in [1.29, 1.82) is 0 Å². The van der Waals surface area contributed by atoms with Gasteiger partial charge < -0.3 is 9.64 Å². The van der Waals surface area contributed by atoms with Crippen LogP contribution < -0.4 is 4.90 Å². The number of morpholine rings is 1. The van der Waals surface area contributed by atoms with Crippen LogP contribution in [-0.4, -0.2) is 37.4 Å². The van der Waals surface area contributed by atoms with Gasteiger partial charge in [-0.1, -0.05) is 24.3 Å². The predicted molar refractivity (Wildman–Crippen MR) is 87.4 cm³/mol. The zero-order valence-corrected chi connectivity index (χ0v) is 12.9. The second-order valence-corrected chi connectivity index (χ2v) is 6.06. The molecule has 1 heterocycles. The summed E-state index contributed by atoms with van der Waals surface area (Å²) in [6.45, 7) is 4.29. The van der Waals surface area contributed by atoms with Gasteiger partial charge in [0.2, 0.25) is 0 Å². The maximum absolute atomic E-state index is 12.8. The number of ketones is 2. The van der Waals surface area contributed by atoms with Crippen LogP contribution in [0.4, 0.5) is 5.69 Å². The monoisotopic (exact) mass is 307 g/mol. The molecule has 0 spiro atoms. The molecular weight excluding hydrogens is 290 g/mol. The van der Waals surface area contributed by atoms with Gasteiger partial charge in [0.15, 0.2) is 11.6 Å². The van der Waals surface area contributed by atoms with Gasteiger partial charge in [0.1, 0.15) is 0 Å². The molecular formula is C19H17NO3. The number of fused-ring (bicyclic) bond motifs is 2. The fourth-order valence-corrected chi connectivity index (χ4v) is 3.34. The third kappa shape index (κ3) is 2.26. The van der Waals surface area contributed by atoms with Crippen LogP contribution in [0.1, 0.15) is 38.8 Å². The summed E-state index contributed by atoms with van der Waals surface area (Å²) in [6, 6.07) is 12.6. The first-order chi connectivity index (χ1) is 11.1. The second kappa shape index (κ2) is 5.32. The molecule has 0 radical (unpaired) electrons. The molecule has 116 valence electrons. The Labute approximate surface area is 134 Å². The van der Waals surface area contributed by atoms with E-state index in [2.05, 4.69) is 4.90 Å². The zero-order valence-electron chi connectivity index (χ0n) is 12.9. The highest BCUT2D eigenvalue weighted by atomic mass is 16.5. The van der Waals surface area contributed by atoms with Gasteiger partial charge in [-0.05, 0) is 25.1 Å². The molecule has 1 aliphatic carbocycles. The van der Waals surface area contributed by atoms with Gasteiger partial charge in [-0.3, -0.25) is 9.59 Å². The summed E-state index contributed by atoms with van der Waals surface area (Å²) in [7, 11) is 0. The van der Waals surface area contributed by atoms with Gasteiger partial charge in [-0.25, -0.2) is 0 Å². The van der Waals surface area contributed by atoms with Crippen LogP contribution in [0.15, 0.2) is 42.5 Å². The fourth-order valence-electron chi connectivity index (χ4n) is 3.34. The standard InChI is InChI=1S/C19H17NO3/c1-12-11-20(8-9-23-12)13-6-7-16-17(10-13)19(22)15-5-3-2-4-14(15)18(16)21/h2-7,10,12H,8-9,11H2,1H3. The van der Waals surface area contributed by atoms with Gasteiger partial charge in [0.05, 0.1) is 12.7 Å². The molecule has 1 atom stereocenters. The molecule has 1 aliphatic heterocycles. The Hall–Kier alpha value is -2.46. The van der Waals surface area contributed by atoms with Gasteiger partial charge >= 0.3 is 0 Å². The van der Waals surface area contributed by atoms with Crippen LogP contribution in [0.5, 0.6) is 0 Å². The van der Waals surface area contributed by atoms with E-state index in [1.165, 1.54) is 0 Å². The minimum absolute atomic E-state index is 0.0710. The molecule has 2 aromatic rings. The highest BCUT2D eigenvalue weighted by Gasteiger charge is 2.30. The number of hydrogen-bond donors (Lipinski definition) is 0. The minimum atomic E-state index is -0.0721. The topological polar surface area (TPSA) is 46.6 Å². The normalized spacial score (nSPS) is 20.2. The first kappa shape index (κ1) is 14.2. The second-order valence-electron chi connectivity index (χ2n) is 6.06. The average molecular weight is 307 g/mol. The Bertz CT molecular complexity index is 812. The van der Waals surface area contributed by atoms with E-state index < -0.39 is 0 Å². The van der Waals surface area contributed by atoms with Crippen molar-refractivity contribution >= 4 is 17.3 Å². The number of ether oxygens (including phenoxy) is 1. The van der Waals surface area contributed by atoms with Gasteiger partial charge in [-0.2, -0.15) is 0 Å². The lowest BCUT2D eigenvalue weighted by Gasteiger charge is -2.33. The minimum Gasteiger partial charge on any atom is -0.375 e. The first-order valence-corrected chi connectivity index (χ1v) is 7.84. The molecule has 2 aromatic carbocycles. The van der Waals surface area contributed by atoms with E-state index in [0.717, 1.165) is 18.8 Å². The Morgan fingerprint density at radius 2 is 1.61 bits per heavy atom. The predicted octanol–water partition coefficient (Wildman–Crippen LogP) is 2.69. The fraction of sp³-hybridized carbons (Fsp3) is 0.263. The smallest absolute Gasteiger partial charge is 0.194 e. The highest BCUT2D eigenvalue weighted by Crippen LogP contribution is 2.30. The Morgan fingerprint density at radius 1 is 0.957 bits per heavy atom. The Balaban J connectivity index is 1.77. The number of carbonyl (C=O) groups is 2. The summed E-state index contributed by atoms with van der Waals surface area (Å²) in [5.41, 5.74) is 2.97. The van der Waals surface area contributed by atoms with Crippen molar-refractivity contribution < 1.29 is 14.3 Å². The van der Waals surface area contributed by atoms with Crippen molar-refractivity contribution in [2.24, 2.45) is 0 Å². The van der Waals surface area contributed by atoms with Crippen LogP contribution in [0.3, 0.4) is 0 Å². The number of benzene rings is 2. The van der Waals surface area contributed by atoms with Crippen LogP contribution in [-0.2, 0) is 4.74 Å². The molecule has 0 amide bonds. The lowest BCUT2D eigenvalue weighted by molar-refractivity contribution is 0.0532. The van der Waals surface area contributed by atoms with Crippen molar-refractivity contribution in [2.75, 3.05) is 24.6 Å². The van der Waals surface area contributed by atoms with E-state index in [9.17, 15) is 9.59 Å². The Kier molecular flexibility index (Phi) is 3.27. The number of anilines is 1. The molecule has 1 unspecified atom stereocenters. The number of rotatable bonds is 1. The molecule has 23 heavy (non-hydrogen) atoms. The van der Waals surface area contributed by atoms with E-state index in [4.69, 9.17) is 4.74 Å². The van der Waals surface area contributed by atoms with Crippen LogP contribution in [0, 0.1) is 0 Å². The number of carbonyl (C=O) groups excluding carboxylic acids is 2. The molecule has 4 nitrogen and oxygen atoms in total. The first-order valence-electron chi connectivity index (χ1n) is 7.84. The van der Waals surface area contributed by atoms with E-state index >= 15 is 0 Å². The molecule has 1 saturated heterocycles. The van der Waals surface area contributed by atoms with E-state index in [-0.39, 0.29) is 17.7 Å². The lowest BCUT2D eigenvalue weighted by atomic mass is 9.84. The summed E-state index contributed by atoms with van der Waals surface area (Å²) < 4.78 is 5.56. The molecule has 1 fully saturated rings. The quantitative estimate of drug-likeness (QED) is 0.693. The summed E-state index contributed by atoms with van der Waals surface area (Å²) in [5.74, 6) is -0.143. The average Bonchev–Trinajstić information content (AvgIpc) is 2.59. The SMILES string of the molecule is CC1CN(c2ccc3c(c2)C(=O)c2ccccc2C3=O)CCO1. The molecule has 0 saturated carbocycles. The zero-order chi connectivity index (χ0) is 16.0. The molecule has 4 rings (SSSR count). The Morgan fingerprint density at radius 3 is 2.30 bits per heavy atom. The van der Waals surface area contributed by atoms with Crippen molar-refractivity contribution in [3.8, 4) is 0 Å². The molecule has 0 N–H and O–H groups in total. The molecule has 4 heteroatoms. The lowest BCUT2D eigenvalue weighted by Crippen LogP contribution is -2.41. The van der Waals surface area contributed by atoms with Gasteiger partial charge in [0.25, 0.3) is 0 Å². The van der Waals surface area contributed by atoms with E-state index in [0.29, 0.717) is 28.9 Å². The summed E-state index contributed by atoms with van der Waals surface area (Å²) in [5, 5.41) is 0. The highest BCUT2D eigenvalue weighted by molar-refractivity contribution is 6.28. The van der Waals surface area contributed by atoms with E-state index in [1.54, 1.807) is 30.3 Å². The van der Waals surface area contributed by atoms with Crippen molar-refractivity contribution in [2.45, 2.75) is 13.0 Å². The summed E-state index contributed by atoms with van der Waals surface area (Å²) in [6.07, 6.45) is 0.165. The van der Waals surface area contributed by atoms with Crippen molar-refractivity contribution in [3.63, 3.8) is 0 Å². The molecule has 0 aromatic heterocycles. The van der Waals surface area contributed by atoms with E-state index in [1.807, 2.05) is 19.1 Å². The van der Waals surface area contributed by atoms with Crippen LogP contribution >= 0.6 is 0 Å². The maximum atomic E-state index is 12.8. The third-order valence-corrected chi connectivity index (χ3v) is 4.51. The van der Waals surface area contributed by atoms with Crippen LogP contribution in [0.25, 0.3) is 0 Å². The van der Waals surface area contributed by atoms with Gasteiger partial charge in [-0.15, -0.1) is 0 Å². The van der Waals surface area contributed by atoms with Crippen LogP contribution in [0.2, 0.25) is 0 Å². The molecule has 0 bridgehead atoms. The van der Waals surface area contributed by atoms with Crippen molar-refractivity contribution in [3.05, 3.63) is 64.7 Å².